The van der Waals surface area contributed by atoms with Gasteiger partial charge in [-0.15, -0.1) is 0 Å². The normalized spacial score (nSPS) is 16.7. The lowest BCUT2D eigenvalue weighted by atomic mass is 9.93. The second-order valence-electron chi connectivity index (χ2n) is 6.69. The molecule has 1 unspecified atom stereocenters. The molecule has 0 spiro atoms. The van der Waals surface area contributed by atoms with Crippen LogP contribution in [0.4, 0.5) is 0 Å². The summed E-state index contributed by atoms with van der Waals surface area (Å²) in [6.45, 7) is 1.01. The highest BCUT2D eigenvalue weighted by molar-refractivity contribution is 5.85. The molecule has 0 aliphatic carbocycles. The van der Waals surface area contributed by atoms with E-state index in [2.05, 4.69) is 89.2 Å². The lowest BCUT2D eigenvalue weighted by Crippen LogP contribution is -2.30. The average molecular weight is 324 g/mol. The maximum Gasteiger partial charge on any atom is 0.0732 e. The SMILES string of the molecule is c1ccc(-c2ccc(C3NCCc4c3[nH]c3ccccc43)cc2)cc1. The second kappa shape index (κ2) is 5.91. The van der Waals surface area contributed by atoms with Gasteiger partial charge < -0.3 is 10.3 Å². The van der Waals surface area contributed by atoms with Gasteiger partial charge >= 0.3 is 0 Å². The molecular weight excluding hydrogens is 304 g/mol. The van der Waals surface area contributed by atoms with Crippen LogP contribution in [0.15, 0.2) is 78.9 Å². The molecule has 3 aromatic carbocycles. The molecule has 0 saturated carbocycles. The predicted molar refractivity (Wildman–Crippen MR) is 104 cm³/mol. The lowest BCUT2D eigenvalue weighted by Gasteiger charge is -2.25. The summed E-state index contributed by atoms with van der Waals surface area (Å²) in [6, 6.07) is 28.4. The third-order valence-corrected chi connectivity index (χ3v) is 5.21. The van der Waals surface area contributed by atoms with Crippen LogP contribution in [0, 0.1) is 0 Å². The van der Waals surface area contributed by atoms with Crippen molar-refractivity contribution in [2.75, 3.05) is 6.54 Å². The number of rotatable bonds is 2. The van der Waals surface area contributed by atoms with E-state index in [0.29, 0.717) is 0 Å². The van der Waals surface area contributed by atoms with Crippen molar-refractivity contribution in [3.05, 3.63) is 95.7 Å². The van der Waals surface area contributed by atoms with Gasteiger partial charge in [-0.25, -0.2) is 0 Å². The molecule has 1 aliphatic rings. The fourth-order valence-electron chi connectivity index (χ4n) is 3.96. The summed E-state index contributed by atoms with van der Waals surface area (Å²) in [6.07, 6.45) is 1.08. The maximum atomic E-state index is 3.68. The quantitative estimate of drug-likeness (QED) is 0.529. The molecule has 2 heterocycles. The van der Waals surface area contributed by atoms with Crippen molar-refractivity contribution in [1.82, 2.24) is 10.3 Å². The van der Waals surface area contributed by atoms with Gasteiger partial charge in [0.2, 0.25) is 0 Å². The summed E-state index contributed by atoms with van der Waals surface area (Å²) in [5.74, 6) is 0. The zero-order chi connectivity index (χ0) is 16.6. The summed E-state index contributed by atoms with van der Waals surface area (Å²) in [5, 5.41) is 5.05. The topological polar surface area (TPSA) is 27.8 Å². The van der Waals surface area contributed by atoms with E-state index < -0.39 is 0 Å². The molecule has 1 aliphatic heterocycles. The largest absolute Gasteiger partial charge is 0.357 e. The monoisotopic (exact) mass is 324 g/mol. The average Bonchev–Trinajstić information content (AvgIpc) is 3.08. The standard InChI is InChI=1S/C23H20N2/c1-2-6-16(7-3-1)17-10-12-18(13-11-17)22-23-20(14-15-24-22)19-8-4-5-9-21(19)25-23/h1-13,22,24-25H,14-15H2. The van der Waals surface area contributed by atoms with Crippen molar-refractivity contribution in [1.29, 1.82) is 0 Å². The first-order valence-corrected chi connectivity index (χ1v) is 8.88. The Balaban J connectivity index is 1.55. The van der Waals surface area contributed by atoms with Gasteiger partial charge in [0.25, 0.3) is 0 Å². The van der Waals surface area contributed by atoms with E-state index in [1.807, 2.05) is 0 Å². The second-order valence-corrected chi connectivity index (χ2v) is 6.69. The number of fused-ring (bicyclic) bond motifs is 3. The number of aromatic nitrogens is 1. The number of para-hydroxylation sites is 1. The highest BCUT2D eigenvalue weighted by Gasteiger charge is 2.24. The molecule has 0 bridgehead atoms. The van der Waals surface area contributed by atoms with E-state index in [1.165, 1.54) is 38.9 Å². The zero-order valence-corrected chi connectivity index (χ0v) is 14.0. The molecule has 4 aromatic rings. The van der Waals surface area contributed by atoms with Gasteiger partial charge in [0.15, 0.2) is 0 Å². The van der Waals surface area contributed by atoms with E-state index in [0.717, 1.165) is 13.0 Å². The Labute approximate surface area is 147 Å². The van der Waals surface area contributed by atoms with Crippen LogP contribution in [0.1, 0.15) is 22.9 Å². The van der Waals surface area contributed by atoms with Gasteiger partial charge in [-0.3, -0.25) is 0 Å². The van der Waals surface area contributed by atoms with E-state index in [1.54, 1.807) is 0 Å². The third kappa shape index (κ3) is 2.46. The van der Waals surface area contributed by atoms with Gasteiger partial charge in [-0.2, -0.15) is 0 Å². The minimum atomic E-state index is 0.237. The van der Waals surface area contributed by atoms with Gasteiger partial charge in [0.05, 0.1) is 6.04 Å². The molecule has 2 heteroatoms. The fourth-order valence-corrected chi connectivity index (χ4v) is 3.96. The highest BCUT2D eigenvalue weighted by atomic mass is 15.0. The van der Waals surface area contributed by atoms with Crippen molar-refractivity contribution in [2.45, 2.75) is 12.5 Å². The number of aromatic amines is 1. The van der Waals surface area contributed by atoms with Gasteiger partial charge in [0, 0.05) is 23.1 Å². The van der Waals surface area contributed by atoms with Crippen LogP contribution < -0.4 is 5.32 Å². The van der Waals surface area contributed by atoms with Crippen molar-refractivity contribution in [3.8, 4) is 11.1 Å². The van der Waals surface area contributed by atoms with Crippen molar-refractivity contribution in [2.24, 2.45) is 0 Å². The van der Waals surface area contributed by atoms with Crippen LogP contribution in [-0.4, -0.2) is 11.5 Å². The van der Waals surface area contributed by atoms with Crippen molar-refractivity contribution < 1.29 is 0 Å². The molecule has 1 atom stereocenters. The van der Waals surface area contributed by atoms with E-state index >= 15 is 0 Å². The van der Waals surface area contributed by atoms with Gasteiger partial charge in [-0.05, 0) is 34.7 Å². The number of hydrogen-bond donors (Lipinski definition) is 2. The van der Waals surface area contributed by atoms with Crippen LogP contribution in [0.5, 0.6) is 0 Å². The summed E-state index contributed by atoms with van der Waals surface area (Å²) >= 11 is 0. The van der Waals surface area contributed by atoms with E-state index in [4.69, 9.17) is 0 Å². The Morgan fingerprint density at radius 3 is 2.28 bits per heavy atom. The molecule has 1 aromatic heterocycles. The smallest absolute Gasteiger partial charge is 0.0732 e. The fraction of sp³-hybridized carbons (Fsp3) is 0.130. The molecule has 2 N–H and O–H groups in total. The molecule has 25 heavy (non-hydrogen) atoms. The molecular formula is C23H20N2. The molecule has 5 rings (SSSR count). The van der Waals surface area contributed by atoms with Gasteiger partial charge in [0.1, 0.15) is 0 Å². The minimum absolute atomic E-state index is 0.237. The molecule has 2 nitrogen and oxygen atoms in total. The lowest BCUT2D eigenvalue weighted by molar-refractivity contribution is 0.560. The molecule has 0 fully saturated rings. The van der Waals surface area contributed by atoms with E-state index in [9.17, 15) is 0 Å². The first-order valence-electron chi connectivity index (χ1n) is 8.88. The van der Waals surface area contributed by atoms with Crippen molar-refractivity contribution in [3.63, 3.8) is 0 Å². The van der Waals surface area contributed by atoms with Crippen LogP contribution in [0.2, 0.25) is 0 Å². The summed E-state index contributed by atoms with van der Waals surface area (Å²) in [4.78, 5) is 3.65. The summed E-state index contributed by atoms with van der Waals surface area (Å²) < 4.78 is 0. The third-order valence-electron chi connectivity index (χ3n) is 5.21. The van der Waals surface area contributed by atoms with Crippen LogP contribution in [-0.2, 0) is 6.42 Å². The summed E-state index contributed by atoms with van der Waals surface area (Å²) in [7, 11) is 0. The first-order chi connectivity index (χ1) is 12.4. The first kappa shape index (κ1) is 14.5. The summed E-state index contributed by atoms with van der Waals surface area (Å²) in [5.41, 5.74) is 7.86. The van der Waals surface area contributed by atoms with Crippen LogP contribution in [0.3, 0.4) is 0 Å². The molecule has 0 saturated heterocycles. The Bertz CT molecular complexity index is 1010. The van der Waals surface area contributed by atoms with Crippen LogP contribution in [0.25, 0.3) is 22.0 Å². The molecule has 0 radical (unpaired) electrons. The minimum Gasteiger partial charge on any atom is -0.357 e. The molecule has 0 amide bonds. The Morgan fingerprint density at radius 1 is 0.720 bits per heavy atom. The number of H-pyrrole nitrogens is 1. The number of nitrogens with one attached hydrogen (secondary N) is 2. The van der Waals surface area contributed by atoms with Crippen molar-refractivity contribution >= 4 is 10.9 Å². The zero-order valence-electron chi connectivity index (χ0n) is 14.0. The number of benzene rings is 3. The Kier molecular flexibility index (Phi) is 3.43. The van der Waals surface area contributed by atoms with Crippen LogP contribution >= 0.6 is 0 Å². The van der Waals surface area contributed by atoms with E-state index in [-0.39, 0.29) is 6.04 Å². The van der Waals surface area contributed by atoms with Gasteiger partial charge in [-0.1, -0.05) is 72.8 Å². The molecule has 122 valence electrons. The predicted octanol–water partition coefficient (Wildman–Crippen LogP) is 5.07. The maximum absolute atomic E-state index is 3.68. The highest BCUT2D eigenvalue weighted by Crippen LogP contribution is 2.34. The Hall–Kier alpha value is -2.84. The Morgan fingerprint density at radius 2 is 1.44 bits per heavy atom. The number of hydrogen-bond acceptors (Lipinski definition) is 1.